The third-order valence-corrected chi connectivity index (χ3v) is 5.36. The van der Waals surface area contributed by atoms with Crippen LogP contribution in [0.4, 0.5) is 5.69 Å². The number of hydrogen-bond acceptors (Lipinski definition) is 8. The fourth-order valence-corrected chi connectivity index (χ4v) is 3.87. The minimum Gasteiger partial charge on any atom is -0.506 e. The SMILES string of the molecule is CCOC(=O)C1=C(O)C(=Cc2cc(OC)cc(OC)c2)SC1=Nc1ccc(OC)cc1. The molecule has 0 saturated carbocycles. The summed E-state index contributed by atoms with van der Waals surface area (Å²) < 4.78 is 20.9. The Morgan fingerprint density at radius 1 is 1.00 bits per heavy atom. The molecule has 1 N–H and O–H groups in total. The van der Waals surface area contributed by atoms with Gasteiger partial charge in [-0.05, 0) is 55.0 Å². The van der Waals surface area contributed by atoms with Crippen molar-refractivity contribution in [2.24, 2.45) is 4.99 Å². The van der Waals surface area contributed by atoms with Gasteiger partial charge in [-0.3, -0.25) is 0 Å². The summed E-state index contributed by atoms with van der Waals surface area (Å²) in [6.45, 7) is 1.89. The monoisotopic (exact) mass is 441 g/mol. The Morgan fingerprint density at radius 3 is 2.16 bits per heavy atom. The molecule has 7 nitrogen and oxygen atoms in total. The van der Waals surface area contributed by atoms with Gasteiger partial charge in [-0.2, -0.15) is 0 Å². The molecule has 0 atom stereocenters. The number of nitrogens with zero attached hydrogens (tertiary/aromatic N) is 1. The van der Waals surface area contributed by atoms with Crippen LogP contribution in [0.15, 0.2) is 63.7 Å². The van der Waals surface area contributed by atoms with E-state index in [0.717, 1.165) is 5.56 Å². The van der Waals surface area contributed by atoms with Gasteiger partial charge in [0.05, 0.1) is 38.5 Å². The van der Waals surface area contributed by atoms with Crippen molar-refractivity contribution in [1.29, 1.82) is 0 Å². The number of benzene rings is 2. The lowest BCUT2D eigenvalue weighted by atomic mass is 10.1. The first-order chi connectivity index (χ1) is 15.0. The van der Waals surface area contributed by atoms with Crippen LogP contribution >= 0.6 is 11.8 Å². The molecule has 162 valence electrons. The summed E-state index contributed by atoms with van der Waals surface area (Å²) in [5.74, 6) is 1.09. The number of aliphatic imine (C=N–C) groups is 1. The lowest BCUT2D eigenvalue weighted by Gasteiger charge is -2.06. The first-order valence-corrected chi connectivity index (χ1v) is 10.3. The molecule has 2 aromatic carbocycles. The van der Waals surface area contributed by atoms with Crippen LogP contribution in [0.1, 0.15) is 12.5 Å². The maximum atomic E-state index is 12.5. The van der Waals surface area contributed by atoms with E-state index in [1.54, 1.807) is 76.8 Å². The van der Waals surface area contributed by atoms with E-state index in [2.05, 4.69) is 4.99 Å². The van der Waals surface area contributed by atoms with Gasteiger partial charge in [-0.15, -0.1) is 0 Å². The molecule has 3 rings (SSSR count). The smallest absolute Gasteiger partial charge is 0.344 e. The van der Waals surface area contributed by atoms with Crippen LogP contribution in [0.5, 0.6) is 17.2 Å². The molecule has 0 unspecified atom stereocenters. The number of esters is 1. The summed E-state index contributed by atoms with van der Waals surface area (Å²) >= 11 is 1.18. The van der Waals surface area contributed by atoms with Gasteiger partial charge in [0.25, 0.3) is 0 Å². The van der Waals surface area contributed by atoms with Crippen molar-refractivity contribution in [3.63, 3.8) is 0 Å². The number of hydrogen-bond donors (Lipinski definition) is 1. The number of ether oxygens (including phenoxy) is 4. The zero-order chi connectivity index (χ0) is 22.4. The molecule has 1 heterocycles. The number of methoxy groups -OCH3 is 3. The van der Waals surface area contributed by atoms with Crippen LogP contribution in [0, 0.1) is 0 Å². The largest absolute Gasteiger partial charge is 0.506 e. The van der Waals surface area contributed by atoms with Crippen LogP contribution in [-0.2, 0) is 9.53 Å². The molecule has 2 aromatic rings. The number of aliphatic hydroxyl groups is 1. The Morgan fingerprint density at radius 2 is 1.61 bits per heavy atom. The first-order valence-electron chi connectivity index (χ1n) is 9.45. The number of aliphatic hydroxyl groups excluding tert-OH is 1. The highest BCUT2D eigenvalue weighted by molar-refractivity contribution is 8.18. The van der Waals surface area contributed by atoms with Gasteiger partial charge in [0.2, 0.25) is 0 Å². The van der Waals surface area contributed by atoms with Crippen LogP contribution in [0.3, 0.4) is 0 Å². The Labute approximate surface area is 185 Å². The van der Waals surface area contributed by atoms with E-state index >= 15 is 0 Å². The summed E-state index contributed by atoms with van der Waals surface area (Å²) in [6, 6.07) is 12.4. The molecule has 0 fully saturated rings. The van der Waals surface area contributed by atoms with Gasteiger partial charge in [0, 0.05) is 6.07 Å². The second kappa shape index (κ2) is 10.1. The molecule has 0 saturated heterocycles. The minimum absolute atomic E-state index is 0.0313. The highest BCUT2D eigenvalue weighted by Crippen LogP contribution is 2.41. The number of carbonyl (C=O) groups excluding carboxylic acids is 1. The van der Waals surface area contributed by atoms with E-state index in [9.17, 15) is 9.90 Å². The van der Waals surface area contributed by atoms with Crippen molar-refractivity contribution in [2.45, 2.75) is 6.92 Å². The summed E-state index contributed by atoms with van der Waals surface area (Å²) in [4.78, 5) is 17.5. The predicted octanol–water partition coefficient (Wildman–Crippen LogP) is 4.91. The number of thioether (sulfide) groups is 1. The summed E-state index contributed by atoms with van der Waals surface area (Å²) in [7, 11) is 4.70. The molecular formula is C23H23NO6S. The fraction of sp³-hybridized carbons (Fsp3) is 0.217. The number of carbonyl (C=O) groups is 1. The molecule has 0 spiro atoms. The lowest BCUT2D eigenvalue weighted by molar-refractivity contribution is -0.138. The molecule has 0 amide bonds. The van der Waals surface area contributed by atoms with Crippen molar-refractivity contribution >= 4 is 34.5 Å². The average molecular weight is 442 g/mol. The lowest BCUT2D eigenvalue weighted by Crippen LogP contribution is -2.12. The molecule has 0 aliphatic carbocycles. The van der Waals surface area contributed by atoms with E-state index in [1.807, 2.05) is 0 Å². The molecule has 0 radical (unpaired) electrons. The molecule has 1 aliphatic rings. The molecule has 0 aromatic heterocycles. The summed E-state index contributed by atoms with van der Waals surface area (Å²) in [5.41, 5.74) is 1.38. The van der Waals surface area contributed by atoms with Crippen molar-refractivity contribution in [1.82, 2.24) is 0 Å². The first kappa shape index (κ1) is 22.3. The van der Waals surface area contributed by atoms with Gasteiger partial charge in [0.1, 0.15) is 33.6 Å². The van der Waals surface area contributed by atoms with Crippen LogP contribution < -0.4 is 14.2 Å². The standard InChI is InChI=1S/C23H23NO6S/c1-5-30-23(26)20-21(25)19(12-14-10-17(28-3)13-18(11-14)29-4)31-22(20)24-15-6-8-16(27-2)9-7-15/h6-13,25H,5H2,1-4H3. The summed E-state index contributed by atoms with van der Waals surface area (Å²) in [5, 5.41) is 11.2. The normalized spacial score (nSPS) is 16.0. The quantitative estimate of drug-likeness (QED) is 0.611. The van der Waals surface area contributed by atoms with E-state index in [-0.39, 0.29) is 17.9 Å². The van der Waals surface area contributed by atoms with Crippen LogP contribution in [0.25, 0.3) is 6.08 Å². The predicted molar refractivity (Wildman–Crippen MR) is 121 cm³/mol. The minimum atomic E-state index is -0.633. The van der Waals surface area contributed by atoms with Crippen molar-refractivity contribution in [2.75, 3.05) is 27.9 Å². The Kier molecular flexibility index (Phi) is 7.25. The van der Waals surface area contributed by atoms with Gasteiger partial charge in [0.15, 0.2) is 0 Å². The van der Waals surface area contributed by atoms with Gasteiger partial charge in [-0.25, -0.2) is 9.79 Å². The molecular weight excluding hydrogens is 418 g/mol. The molecule has 0 bridgehead atoms. The Hall–Kier alpha value is -3.39. The van der Waals surface area contributed by atoms with Crippen molar-refractivity contribution in [3.05, 3.63) is 64.3 Å². The van der Waals surface area contributed by atoms with Crippen LogP contribution in [-0.4, -0.2) is 44.1 Å². The zero-order valence-corrected chi connectivity index (χ0v) is 18.5. The Bertz CT molecular complexity index is 1030. The van der Waals surface area contributed by atoms with Crippen molar-refractivity contribution < 1.29 is 28.8 Å². The van der Waals surface area contributed by atoms with E-state index < -0.39 is 5.97 Å². The third-order valence-electron chi connectivity index (χ3n) is 4.34. The third kappa shape index (κ3) is 5.21. The molecule has 1 aliphatic heterocycles. The van der Waals surface area contributed by atoms with Gasteiger partial charge < -0.3 is 24.1 Å². The van der Waals surface area contributed by atoms with E-state index in [4.69, 9.17) is 18.9 Å². The second-order valence-corrected chi connectivity index (χ2v) is 7.35. The highest BCUT2D eigenvalue weighted by Gasteiger charge is 2.33. The average Bonchev–Trinajstić information content (AvgIpc) is 3.08. The van der Waals surface area contributed by atoms with E-state index in [1.165, 1.54) is 11.8 Å². The zero-order valence-electron chi connectivity index (χ0n) is 17.7. The van der Waals surface area contributed by atoms with Gasteiger partial charge in [-0.1, -0.05) is 11.8 Å². The molecule has 31 heavy (non-hydrogen) atoms. The van der Waals surface area contributed by atoms with Crippen molar-refractivity contribution in [3.8, 4) is 17.2 Å². The molecule has 8 heteroatoms. The second-order valence-electron chi connectivity index (χ2n) is 6.32. The topological polar surface area (TPSA) is 86.6 Å². The number of rotatable bonds is 7. The fourth-order valence-electron chi connectivity index (χ4n) is 2.83. The maximum Gasteiger partial charge on any atom is 0.344 e. The summed E-state index contributed by atoms with van der Waals surface area (Å²) in [6.07, 6.45) is 1.74. The van der Waals surface area contributed by atoms with Crippen LogP contribution in [0.2, 0.25) is 0 Å². The van der Waals surface area contributed by atoms with E-state index in [0.29, 0.717) is 32.9 Å². The van der Waals surface area contributed by atoms with Gasteiger partial charge >= 0.3 is 5.97 Å². The maximum absolute atomic E-state index is 12.5. The Balaban J connectivity index is 2.04. The highest BCUT2D eigenvalue weighted by atomic mass is 32.2.